The van der Waals surface area contributed by atoms with Crippen molar-refractivity contribution in [2.24, 2.45) is 5.73 Å². The third-order valence-corrected chi connectivity index (χ3v) is 3.63. The predicted molar refractivity (Wildman–Crippen MR) is 84.6 cm³/mol. The van der Waals surface area contributed by atoms with Crippen molar-refractivity contribution in [2.75, 3.05) is 0 Å². The number of halogens is 2. The Morgan fingerprint density at radius 2 is 2.19 bits per heavy atom. The molecule has 1 heterocycles. The Bertz CT molecular complexity index is 607. The van der Waals surface area contributed by atoms with Gasteiger partial charge in [-0.15, -0.1) is 0 Å². The molecule has 5 heteroatoms. The molecule has 21 heavy (non-hydrogen) atoms. The SMILES string of the molecule is CCC(N)Cc1cccc(F)c1OCc1cncc(Br)c1. The molecule has 0 fully saturated rings. The van der Waals surface area contributed by atoms with Crippen LogP contribution in [0.4, 0.5) is 4.39 Å². The lowest BCUT2D eigenvalue weighted by Gasteiger charge is -2.15. The van der Waals surface area contributed by atoms with Crippen molar-refractivity contribution in [2.45, 2.75) is 32.4 Å². The van der Waals surface area contributed by atoms with Crippen LogP contribution in [0.2, 0.25) is 0 Å². The number of hydrogen-bond acceptors (Lipinski definition) is 3. The summed E-state index contributed by atoms with van der Waals surface area (Å²) in [6.07, 6.45) is 4.83. The van der Waals surface area contributed by atoms with Crippen LogP contribution in [0.5, 0.6) is 5.75 Å². The van der Waals surface area contributed by atoms with E-state index in [2.05, 4.69) is 20.9 Å². The van der Waals surface area contributed by atoms with Crippen molar-refractivity contribution in [3.05, 3.63) is 58.1 Å². The highest BCUT2D eigenvalue weighted by Crippen LogP contribution is 2.25. The van der Waals surface area contributed by atoms with Crippen LogP contribution in [0.15, 0.2) is 41.1 Å². The first-order chi connectivity index (χ1) is 10.1. The molecule has 2 rings (SSSR count). The molecule has 0 aliphatic heterocycles. The highest BCUT2D eigenvalue weighted by atomic mass is 79.9. The van der Waals surface area contributed by atoms with Crippen molar-refractivity contribution in [1.82, 2.24) is 4.98 Å². The lowest BCUT2D eigenvalue weighted by Crippen LogP contribution is -2.22. The van der Waals surface area contributed by atoms with Crippen LogP contribution < -0.4 is 10.5 Å². The van der Waals surface area contributed by atoms with Gasteiger partial charge < -0.3 is 10.5 Å². The molecule has 0 aliphatic carbocycles. The van der Waals surface area contributed by atoms with E-state index in [9.17, 15) is 4.39 Å². The van der Waals surface area contributed by atoms with Gasteiger partial charge in [-0.05, 0) is 46.5 Å². The monoisotopic (exact) mass is 352 g/mol. The fraction of sp³-hybridized carbons (Fsp3) is 0.312. The topological polar surface area (TPSA) is 48.1 Å². The third-order valence-electron chi connectivity index (χ3n) is 3.20. The van der Waals surface area contributed by atoms with Crippen molar-refractivity contribution in [3.8, 4) is 5.75 Å². The van der Waals surface area contributed by atoms with Crippen LogP contribution >= 0.6 is 15.9 Å². The fourth-order valence-electron chi connectivity index (χ4n) is 1.99. The van der Waals surface area contributed by atoms with E-state index in [1.165, 1.54) is 6.07 Å². The number of para-hydroxylation sites is 1. The molecule has 3 nitrogen and oxygen atoms in total. The Morgan fingerprint density at radius 3 is 2.90 bits per heavy atom. The molecule has 112 valence electrons. The minimum atomic E-state index is -0.362. The molecule has 0 bridgehead atoms. The summed E-state index contributed by atoms with van der Waals surface area (Å²) in [7, 11) is 0. The number of pyridine rings is 1. The van der Waals surface area contributed by atoms with E-state index < -0.39 is 0 Å². The van der Waals surface area contributed by atoms with E-state index >= 15 is 0 Å². The first kappa shape index (κ1) is 15.9. The summed E-state index contributed by atoms with van der Waals surface area (Å²) >= 11 is 3.35. The molecule has 2 N–H and O–H groups in total. The van der Waals surface area contributed by atoms with Crippen LogP contribution in [0.1, 0.15) is 24.5 Å². The van der Waals surface area contributed by atoms with Gasteiger partial charge in [0, 0.05) is 28.5 Å². The number of aromatic nitrogens is 1. The average molecular weight is 353 g/mol. The smallest absolute Gasteiger partial charge is 0.165 e. The van der Waals surface area contributed by atoms with Gasteiger partial charge in [0.25, 0.3) is 0 Å². The van der Waals surface area contributed by atoms with Gasteiger partial charge in [-0.3, -0.25) is 4.98 Å². The summed E-state index contributed by atoms with van der Waals surface area (Å²) in [6.45, 7) is 2.28. The molecular weight excluding hydrogens is 335 g/mol. The lowest BCUT2D eigenvalue weighted by atomic mass is 10.0. The molecule has 1 atom stereocenters. The highest BCUT2D eigenvalue weighted by Gasteiger charge is 2.12. The van der Waals surface area contributed by atoms with E-state index in [0.717, 1.165) is 22.0 Å². The van der Waals surface area contributed by atoms with E-state index in [0.29, 0.717) is 6.42 Å². The second-order valence-corrected chi connectivity index (χ2v) is 5.82. The van der Waals surface area contributed by atoms with Gasteiger partial charge in [0.15, 0.2) is 11.6 Å². The largest absolute Gasteiger partial charge is 0.485 e. The van der Waals surface area contributed by atoms with E-state index in [1.807, 2.05) is 19.1 Å². The van der Waals surface area contributed by atoms with Crippen molar-refractivity contribution in [3.63, 3.8) is 0 Å². The zero-order valence-corrected chi connectivity index (χ0v) is 13.4. The van der Waals surface area contributed by atoms with Gasteiger partial charge in [-0.1, -0.05) is 19.1 Å². The van der Waals surface area contributed by atoms with E-state index in [4.69, 9.17) is 10.5 Å². The number of benzene rings is 1. The number of ether oxygens (including phenoxy) is 1. The number of hydrogen-bond donors (Lipinski definition) is 1. The minimum absolute atomic E-state index is 0.00156. The van der Waals surface area contributed by atoms with Gasteiger partial charge in [-0.25, -0.2) is 4.39 Å². The molecule has 2 aromatic rings. The Kier molecular flexibility index (Phi) is 5.70. The van der Waals surface area contributed by atoms with Crippen LogP contribution in [-0.4, -0.2) is 11.0 Å². The Labute approximate surface area is 132 Å². The molecular formula is C16H18BrFN2O. The quantitative estimate of drug-likeness (QED) is 0.858. The number of nitrogens with zero attached hydrogens (tertiary/aromatic N) is 1. The Balaban J connectivity index is 2.15. The van der Waals surface area contributed by atoms with Gasteiger partial charge in [0.1, 0.15) is 6.61 Å². The maximum atomic E-state index is 14.0. The summed E-state index contributed by atoms with van der Waals surface area (Å²) in [6, 6.07) is 6.83. The minimum Gasteiger partial charge on any atom is -0.485 e. The van der Waals surface area contributed by atoms with Crippen LogP contribution in [0, 0.1) is 5.82 Å². The Hall–Kier alpha value is -1.46. The summed E-state index contributed by atoms with van der Waals surface area (Å²) in [5.74, 6) is -0.0832. The molecule has 1 aromatic heterocycles. The molecule has 1 unspecified atom stereocenters. The zero-order valence-electron chi connectivity index (χ0n) is 11.9. The van der Waals surface area contributed by atoms with Crippen molar-refractivity contribution >= 4 is 15.9 Å². The highest BCUT2D eigenvalue weighted by molar-refractivity contribution is 9.10. The fourth-order valence-corrected chi connectivity index (χ4v) is 2.41. The molecule has 0 saturated heterocycles. The summed E-state index contributed by atoms with van der Waals surface area (Å²) in [4.78, 5) is 4.06. The van der Waals surface area contributed by atoms with Crippen LogP contribution in [0.25, 0.3) is 0 Å². The first-order valence-electron chi connectivity index (χ1n) is 6.85. The second-order valence-electron chi connectivity index (χ2n) is 4.90. The van der Waals surface area contributed by atoms with Gasteiger partial charge in [-0.2, -0.15) is 0 Å². The molecule has 0 radical (unpaired) electrons. The van der Waals surface area contributed by atoms with Crippen LogP contribution in [-0.2, 0) is 13.0 Å². The molecule has 0 saturated carbocycles. The lowest BCUT2D eigenvalue weighted by molar-refractivity contribution is 0.285. The maximum Gasteiger partial charge on any atom is 0.165 e. The van der Waals surface area contributed by atoms with Crippen molar-refractivity contribution < 1.29 is 9.13 Å². The van der Waals surface area contributed by atoms with E-state index in [1.54, 1.807) is 18.5 Å². The second kappa shape index (κ2) is 7.52. The molecule has 0 spiro atoms. The third kappa shape index (κ3) is 4.51. The molecule has 0 amide bonds. The van der Waals surface area contributed by atoms with Crippen LogP contribution in [0.3, 0.4) is 0 Å². The first-order valence-corrected chi connectivity index (χ1v) is 7.64. The van der Waals surface area contributed by atoms with Crippen molar-refractivity contribution in [1.29, 1.82) is 0 Å². The van der Waals surface area contributed by atoms with Gasteiger partial charge >= 0.3 is 0 Å². The average Bonchev–Trinajstić information content (AvgIpc) is 2.46. The number of rotatable bonds is 6. The molecule has 0 aliphatic rings. The summed E-state index contributed by atoms with van der Waals surface area (Å²) in [5, 5.41) is 0. The summed E-state index contributed by atoms with van der Waals surface area (Å²) < 4.78 is 20.5. The normalized spacial score (nSPS) is 12.2. The molecule has 1 aromatic carbocycles. The van der Waals surface area contributed by atoms with Gasteiger partial charge in [0.05, 0.1) is 0 Å². The standard InChI is InChI=1S/C16H18BrFN2O/c1-2-14(19)7-12-4-3-5-15(18)16(12)21-10-11-6-13(17)9-20-8-11/h3-6,8-9,14H,2,7,10,19H2,1H3. The summed E-state index contributed by atoms with van der Waals surface area (Å²) in [5.41, 5.74) is 7.63. The van der Waals surface area contributed by atoms with E-state index in [-0.39, 0.29) is 24.2 Å². The predicted octanol–water partition coefficient (Wildman–Crippen LogP) is 3.84. The maximum absolute atomic E-state index is 14.0. The number of nitrogens with two attached hydrogens (primary N) is 1. The Morgan fingerprint density at radius 1 is 1.38 bits per heavy atom. The van der Waals surface area contributed by atoms with Gasteiger partial charge in [0.2, 0.25) is 0 Å². The zero-order chi connectivity index (χ0) is 15.2.